The van der Waals surface area contributed by atoms with Crippen molar-refractivity contribution in [3.8, 4) is 11.8 Å². The third-order valence-electron chi connectivity index (χ3n) is 3.12. The van der Waals surface area contributed by atoms with E-state index >= 15 is 0 Å². The molecule has 0 radical (unpaired) electrons. The standard InChI is InChI=1S/C16H13N3S/c1-2-20-16-9-5-8-15(13(16)10-17)19-14-7-4-3-6-12(14)11-18-19/h3-9,11H,2H2,1H3. The van der Waals surface area contributed by atoms with E-state index in [9.17, 15) is 5.26 Å². The van der Waals surface area contributed by atoms with E-state index in [1.807, 2.05) is 53.3 Å². The van der Waals surface area contributed by atoms with Crippen molar-refractivity contribution in [2.45, 2.75) is 11.8 Å². The normalized spacial score (nSPS) is 10.6. The van der Waals surface area contributed by atoms with Gasteiger partial charge in [0, 0.05) is 10.3 Å². The molecule has 1 aromatic heterocycles. The minimum absolute atomic E-state index is 0.688. The Hall–Kier alpha value is -2.25. The topological polar surface area (TPSA) is 41.6 Å². The molecule has 2 aromatic carbocycles. The Kier molecular flexibility index (Phi) is 3.44. The van der Waals surface area contributed by atoms with Crippen LogP contribution in [0.5, 0.6) is 0 Å². The monoisotopic (exact) mass is 279 g/mol. The highest BCUT2D eigenvalue weighted by molar-refractivity contribution is 7.99. The zero-order valence-corrected chi connectivity index (χ0v) is 11.9. The van der Waals surface area contributed by atoms with Crippen molar-refractivity contribution in [3.05, 3.63) is 54.2 Å². The minimum Gasteiger partial charge on any atom is -0.232 e. The van der Waals surface area contributed by atoms with Crippen LogP contribution in [0.25, 0.3) is 16.6 Å². The van der Waals surface area contributed by atoms with Crippen LogP contribution in [0.2, 0.25) is 0 Å². The van der Waals surface area contributed by atoms with Gasteiger partial charge < -0.3 is 0 Å². The summed E-state index contributed by atoms with van der Waals surface area (Å²) in [6.45, 7) is 2.09. The van der Waals surface area contributed by atoms with Gasteiger partial charge in [0.25, 0.3) is 0 Å². The van der Waals surface area contributed by atoms with Gasteiger partial charge in [-0.25, -0.2) is 4.68 Å². The lowest BCUT2D eigenvalue weighted by Crippen LogP contribution is -2.00. The quantitative estimate of drug-likeness (QED) is 0.680. The number of nitrogens with zero attached hydrogens (tertiary/aromatic N) is 3. The number of hydrogen-bond donors (Lipinski definition) is 0. The van der Waals surface area contributed by atoms with Crippen molar-refractivity contribution in [2.24, 2.45) is 0 Å². The van der Waals surface area contributed by atoms with Crippen molar-refractivity contribution < 1.29 is 0 Å². The Morgan fingerprint density at radius 3 is 2.85 bits per heavy atom. The fraction of sp³-hybridized carbons (Fsp3) is 0.125. The van der Waals surface area contributed by atoms with Gasteiger partial charge in [0.2, 0.25) is 0 Å². The summed E-state index contributed by atoms with van der Waals surface area (Å²) in [5.74, 6) is 0.942. The average molecular weight is 279 g/mol. The molecule has 0 spiro atoms. The Balaban J connectivity index is 2.24. The average Bonchev–Trinajstić information content (AvgIpc) is 2.91. The smallest absolute Gasteiger partial charge is 0.103 e. The summed E-state index contributed by atoms with van der Waals surface area (Å²) < 4.78 is 1.84. The van der Waals surface area contributed by atoms with Crippen LogP contribution in [-0.4, -0.2) is 15.5 Å². The molecule has 4 heteroatoms. The number of benzene rings is 2. The van der Waals surface area contributed by atoms with Gasteiger partial charge in [0.1, 0.15) is 6.07 Å². The van der Waals surface area contributed by atoms with Gasteiger partial charge in [-0.05, 0) is 24.0 Å². The second-order valence-electron chi connectivity index (χ2n) is 4.31. The molecule has 0 amide bonds. The zero-order chi connectivity index (χ0) is 13.9. The second kappa shape index (κ2) is 5.40. The summed E-state index contributed by atoms with van der Waals surface area (Å²) in [5, 5.41) is 15.0. The van der Waals surface area contributed by atoms with E-state index in [0.717, 1.165) is 27.2 Å². The van der Waals surface area contributed by atoms with Gasteiger partial charge in [-0.1, -0.05) is 31.2 Å². The molecule has 0 aliphatic carbocycles. The van der Waals surface area contributed by atoms with Crippen molar-refractivity contribution >= 4 is 22.7 Å². The Labute approximate surface area is 121 Å². The predicted octanol–water partition coefficient (Wildman–Crippen LogP) is 4.01. The minimum atomic E-state index is 0.688. The molecular weight excluding hydrogens is 266 g/mol. The fourth-order valence-corrected chi connectivity index (χ4v) is 3.03. The number of fused-ring (bicyclic) bond motifs is 1. The number of nitriles is 1. The van der Waals surface area contributed by atoms with Crippen molar-refractivity contribution in [3.63, 3.8) is 0 Å². The summed E-state index contributed by atoms with van der Waals surface area (Å²) in [7, 11) is 0. The van der Waals surface area contributed by atoms with E-state index in [0.29, 0.717) is 5.56 Å². The molecule has 0 bridgehead atoms. The highest BCUT2D eigenvalue weighted by Crippen LogP contribution is 2.28. The molecule has 0 unspecified atom stereocenters. The van der Waals surface area contributed by atoms with Crippen LogP contribution in [0, 0.1) is 11.3 Å². The summed E-state index contributed by atoms with van der Waals surface area (Å²) in [6.07, 6.45) is 1.83. The van der Waals surface area contributed by atoms with Gasteiger partial charge in [-0.3, -0.25) is 0 Å². The number of aromatic nitrogens is 2. The van der Waals surface area contributed by atoms with Crippen molar-refractivity contribution in [1.82, 2.24) is 9.78 Å². The fourth-order valence-electron chi connectivity index (χ4n) is 2.25. The van der Waals surface area contributed by atoms with E-state index < -0.39 is 0 Å². The van der Waals surface area contributed by atoms with Crippen LogP contribution in [0.4, 0.5) is 0 Å². The van der Waals surface area contributed by atoms with E-state index in [1.165, 1.54) is 0 Å². The zero-order valence-electron chi connectivity index (χ0n) is 11.1. The van der Waals surface area contributed by atoms with Gasteiger partial charge in [0.15, 0.2) is 0 Å². The van der Waals surface area contributed by atoms with Crippen LogP contribution >= 0.6 is 11.8 Å². The molecular formula is C16H13N3S. The molecule has 3 rings (SSSR count). The first kappa shape index (κ1) is 12.8. The van der Waals surface area contributed by atoms with Crippen LogP contribution in [-0.2, 0) is 0 Å². The highest BCUT2D eigenvalue weighted by atomic mass is 32.2. The van der Waals surface area contributed by atoms with E-state index in [-0.39, 0.29) is 0 Å². The van der Waals surface area contributed by atoms with Crippen LogP contribution < -0.4 is 0 Å². The van der Waals surface area contributed by atoms with Crippen LogP contribution in [0.1, 0.15) is 12.5 Å². The Bertz CT molecular complexity index is 799. The number of rotatable bonds is 3. The van der Waals surface area contributed by atoms with E-state index in [1.54, 1.807) is 11.8 Å². The molecule has 0 aliphatic rings. The van der Waals surface area contributed by atoms with Gasteiger partial charge in [-0.2, -0.15) is 10.4 Å². The molecule has 0 saturated heterocycles. The molecule has 20 heavy (non-hydrogen) atoms. The molecule has 0 fully saturated rings. The second-order valence-corrected chi connectivity index (χ2v) is 5.62. The summed E-state index contributed by atoms with van der Waals surface area (Å²) in [6, 6.07) is 16.2. The molecule has 3 nitrogen and oxygen atoms in total. The number of para-hydroxylation sites is 1. The Morgan fingerprint density at radius 2 is 2.05 bits per heavy atom. The molecule has 0 aliphatic heterocycles. The third kappa shape index (κ3) is 2.06. The SMILES string of the molecule is CCSc1cccc(-n2ncc3ccccc32)c1C#N. The first-order valence-corrected chi connectivity index (χ1v) is 7.42. The van der Waals surface area contributed by atoms with E-state index in [2.05, 4.69) is 18.1 Å². The van der Waals surface area contributed by atoms with Crippen molar-refractivity contribution in [1.29, 1.82) is 5.26 Å². The van der Waals surface area contributed by atoms with Crippen molar-refractivity contribution in [2.75, 3.05) is 5.75 Å². The summed E-state index contributed by atoms with van der Waals surface area (Å²) in [4.78, 5) is 1.01. The summed E-state index contributed by atoms with van der Waals surface area (Å²) in [5.41, 5.74) is 2.54. The maximum atomic E-state index is 9.49. The lowest BCUT2D eigenvalue weighted by Gasteiger charge is -2.09. The van der Waals surface area contributed by atoms with Gasteiger partial charge >= 0.3 is 0 Å². The van der Waals surface area contributed by atoms with Gasteiger partial charge in [-0.15, -0.1) is 11.8 Å². The third-order valence-corrected chi connectivity index (χ3v) is 4.06. The van der Waals surface area contributed by atoms with Crippen LogP contribution in [0.15, 0.2) is 53.6 Å². The van der Waals surface area contributed by atoms with E-state index in [4.69, 9.17) is 0 Å². The lowest BCUT2D eigenvalue weighted by atomic mass is 10.2. The molecule has 0 saturated carbocycles. The molecule has 0 N–H and O–H groups in total. The molecule has 3 aromatic rings. The molecule has 1 heterocycles. The predicted molar refractivity (Wildman–Crippen MR) is 82.2 cm³/mol. The largest absolute Gasteiger partial charge is 0.232 e. The first-order chi connectivity index (χ1) is 9.85. The van der Waals surface area contributed by atoms with Gasteiger partial charge in [0.05, 0.1) is 23.0 Å². The maximum absolute atomic E-state index is 9.49. The lowest BCUT2D eigenvalue weighted by molar-refractivity contribution is 0.902. The number of thioether (sulfide) groups is 1. The summed E-state index contributed by atoms with van der Waals surface area (Å²) >= 11 is 1.68. The first-order valence-electron chi connectivity index (χ1n) is 6.44. The highest BCUT2D eigenvalue weighted by Gasteiger charge is 2.12. The number of hydrogen-bond acceptors (Lipinski definition) is 3. The van der Waals surface area contributed by atoms with Crippen LogP contribution in [0.3, 0.4) is 0 Å². The Morgan fingerprint density at radius 1 is 1.20 bits per heavy atom. The molecule has 98 valence electrons. The maximum Gasteiger partial charge on any atom is 0.103 e. The molecule has 0 atom stereocenters.